The van der Waals surface area contributed by atoms with E-state index < -0.39 is 0 Å². The van der Waals surface area contributed by atoms with E-state index in [-0.39, 0.29) is 0 Å². The van der Waals surface area contributed by atoms with Gasteiger partial charge in [-0.1, -0.05) is 109 Å². The highest BCUT2D eigenvalue weighted by Gasteiger charge is 2.16. The summed E-state index contributed by atoms with van der Waals surface area (Å²) >= 11 is 0. The molecule has 0 aliphatic heterocycles. The fraction of sp³-hybridized carbons (Fsp3) is 0. The van der Waals surface area contributed by atoms with E-state index in [2.05, 4.69) is 107 Å². The molecule has 0 aliphatic carbocycles. The Hall–Kier alpha value is -5.08. The minimum Gasteiger partial charge on any atom is -0.256 e. The Balaban J connectivity index is 1.43. The van der Waals surface area contributed by atoms with Gasteiger partial charge in [-0.2, -0.15) is 0 Å². The quantitative estimate of drug-likeness (QED) is 0.233. The van der Waals surface area contributed by atoms with Crippen molar-refractivity contribution in [2.45, 2.75) is 0 Å². The lowest BCUT2D eigenvalue weighted by atomic mass is 9.85. The number of pyridine rings is 2. The maximum Gasteiger partial charge on any atom is 0.0701 e. The van der Waals surface area contributed by atoms with Crippen LogP contribution >= 0.6 is 0 Å². The van der Waals surface area contributed by atoms with Crippen LogP contribution in [0.1, 0.15) is 0 Å². The van der Waals surface area contributed by atoms with Crippen LogP contribution in [0.3, 0.4) is 0 Å². The number of rotatable bonds is 4. The Kier molecular flexibility index (Phi) is 5.49. The van der Waals surface area contributed by atoms with Gasteiger partial charge in [-0.15, -0.1) is 0 Å². The van der Waals surface area contributed by atoms with E-state index in [9.17, 15) is 0 Å². The molecule has 0 spiro atoms. The molecule has 178 valence electrons. The number of fused-ring (bicyclic) bond motifs is 2. The number of nitrogens with zero attached hydrogens (tertiary/aromatic N) is 2. The van der Waals surface area contributed by atoms with Crippen molar-refractivity contribution in [2.75, 3.05) is 0 Å². The van der Waals surface area contributed by atoms with Crippen LogP contribution in [0.15, 0.2) is 146 Å². The molecule has 0 N–H and O–H groups in total. The summed E-state index contributed by atoms with van der Waals surface area (Å²) in [4.78, 5) is 9.04. The smallest absolute Gasteiger partial charge is 0.0701 e. The molecule has 38 heavy (non-hydrogen) atoms. The largest absolute Gasteiger partial charge is 0.256 e. The summed E-state index contributed by atoms with van der Waals surface area (Å²) < 4.78 is 0. The lowest BCUT2D eigenvalue weighted by molar-refractivity contribution is 1.33. The third kappa shape index (κ3) is 3.84. The van der Waals surface area contributed by atoms with E-state index in [1.165, 1.54) is 43.8 Å². The molecule has 2 aromatic heterocycles. The zero-order valence-corrected chi connectivity index (χ0v) is 20.8. The first kappa shape index (κ1) is 22.1. The zero-order valence-electron chi connectivity index (χ0n) is 20.8. The predicted octanol–water partition coefficient (Wildman–Crippen LogP) is 9.45. The van der Waals surface area contributed by atoms with E-state index in [0.717, 1.165) is 22.5 Å². The Labute approximate surface area is 221 Å². The van der Waals surface area contributed by atoms with Crippen molar-refractivity contribution >= 4 is 21.5 Å². The average molecular weight is 485 g/mol. The highest BCUT2D eigenvalue weighted by molar-refractivity contribution is 6.21. The van der Waals surface area contributed by atoms with E-state index in [1.807, 2.05) is 48.8 Å². The maximum atomic E-state index is 4.52. The molecule has 2 heterocycles. The van der Waals surface area contributed by atoms with Gasteiger partial charge in [-0.05, 0) is 68.1 Å². The van der Waals surface area contributed by atoms with Gasteiger partial charge in [-0.3, -0.25) is 9.97 Å². The first-order valence-electron chi connectivity index (χ1n) is 12.8. The van der Waals surface area contributed by atoms with Crippen molar-refractivity contribution in [3.8, 4) is 44.8 Å². The molecule has 7 rings (SSSR count). The molecule has 5 aromatic carbocycles. The van der Waals surface area contributed by atoms with Gasteiger partial charge < -0.3 is 0 Å². The van der Waals surface area contributed by atoms with Crippen molar-refractivity contribution in [1.82, 2.24) is 9.97 Å². The van der Waals surface area contributed by atoms with Gasteiger partial charge in [-0.25, -0.2) is 0 Å². The van der Waals surface area contributed by atoms with Crippen molar-refractivity contribution in [1.29, 1.82) is 0 Å². The van der Waals surface area contributed by atoms with E-state index in [4.69, 9.17) is 0 Å². The van der Waals surface area contributed by atoms with E-state index in [0.29, 0.717) is 0 Å². The average Bonchev–Trinajstić information content (AvgIpc) is 3.01. The Morgan fingerprint density at radius 1 is 0.289 bits per heavy atom. The summed E-state index contributed by atoms with van der Waals surface area (Å²) in [6, 6.07) is 47.1. The number of benzene rings is 5. The standard InChI is InChI=1S/C36H24N2/c1-2-10-30-29(9-1)35(27-19-15-25(16-20-27)33-13-5-7-23-37-33)31-11-3-4-12-32(31)36(30)28-21-17-26(18-22-28)34-14-6-8-24-38-34/h1-24H. The topological polar surface area (TPSA) is 25.8 Å². The van der Waals surface area contributed by atoms with Gasteiger partial charge >= 0.3 is 0 Å². The van der Waals surface area contributed by atoms with Crippen LogP contribution < -0.4 is 0 Å². The molecule has 2 heteroatoms. The molecule has 0 atom stereocenters. The van der Waals surface area contributed by atoms with Gasteiger partial charge in [0.2, 0.25) is 0 Å². The normalized spacial score (nSPS) is 11.2. The monoisotopic (exact) mass is 484 g/mol. The molecule has 0 unspecified atom stereocenters. The van der Waals surface area contributed by atoms with Crippen molar-refractivity contribution < 1.29 is 0 Å². The third-order valence-electron chi connectivity index (χ3n) is 7.20. The van der Waals surface area contributed by atoms with Gasteiger partial charge in [0.15, 0.2) is 0 Å². The van der Waals surface area contributed by atoms with Crippen LogP contribution in [-0.4, -0.2) is 9.97 Å². The van der Waals surface area contributed by atoms with Gasteiger partial charge in [0.25, 0.3) is 0 Å². The minimum atomic E-state index is 0.985. The van der Waals surface area contributed by atoms with Crippen LogP contribution in [0.25, 0.3) is 66.3 Å². The van der Waals surface area contributed by atoms with Crippen LogP contribution in [0.5, 0.6) is 0 Å². The van der Waals surface area contributed by atoms with Crippen LogP contribution in [0, 0.1) is 0 Å². The number of hydrogen-bond acceptors (Lipinski definition) is 2. The molecular formula is C36H24N2. The van der Waals surface area contributed by atoms with Crippen LogP contribution in [0.4, 0.5) is 0 Å². The molecule has 2 nitrogen and oxygen atoms in total. The summed E-state index contributed by atoms with van der Waals surface area (Å²) in [5.41, 5.74) is 9.13. The second-order valence-corrected chi connectivity index (χ2v) is 9.43. The Bertz CT molecular complexity index is 1680. The lowest BCUT2D eigenvalue weighted by Gasteiger charge is -2.18. The SMILES string of the molecule is c1ccc(-c2ccc(-c3c4ccccc4c(-c4ccc(-c5ccccn5)cc4)c4ccccc34)cc2)nc1. The second kappa shape index (κ2) is 9.42. The zero-order chi connectivity index (χ0) is 25.3. The lowest BCUT2D eigenvalue weighted by Crippen LogP contribution is -1.91. The van der Waals surface area contributed by atoms with E-state index in [1.54, 1.807) is 0 Å². The minimum absolute atomic E-state index is 0.985. The summed E-state index contributed by atoms with van der Waals surface area (Å²) in [6.07, 6.45) is 3.68. The summed E-state index contributed by atoms with van der Waals surface area (Å²) in [5, 5.41) is 5.00. The van der Waals surface area contributed by atoms with Crippen molar-refractivity contribution in [3.63, 3.8) is 0 Å². The highest BCUT2D eigenvalue weighted by atomic mass is 14.7. The highest BCUT2D eigenvalue weighted by Crippen LogP contribution is 2.44. The van der Waals surface area contributed by atoms with Crippen LogP contribution in [-0.2, 0) is 0 Å². The molecule has 7 aromatic rings. The third-order valence-corrected chi connectivity index (χ3v) is 7.20. The number of aromatic nitrogens is 2. The number of hydrogen-bond donors (Lipinski definition) is 0. The first-order chi connectivity index (χ1) is 18.9. The van der Waals surface area contributed by atoms with Gasteiger partial charge in [0, 0.05) is 23.5 Å². The van der Waals surface area contributed by atoms with E-state index >= 15 is 0 Å². The fourth-order valence-corrected chi connectivity index (χ4v) is 5.43. The van der Waals surface area contributed by atoms with Crippen molar-refractivity contribution in [2.24, 2.45) is 0 Å². The Morgan fingerprint density at radius 2 is 0.605 bits per heavy atom. The van der Waals surface area contributed by atoms with Crippen LogP contribution in [0.2, 0.25) is 0 Å². The van der Waals surface area contributed by atoms with Crippen molar-refractivity contribution in [3.05, 3.63) is 146 Å². The van der Waals surface area contributed by atoms with Gasteiger partial charge in [0.05, 0.1) is 11.4 Å². The Morgan fingerprint density at radius 3 is 0.921 bits per heavy atom. The molecule has 0 bridgehead atoms. The summed E-state index contributed by atoms with van der Waals surface area (Å²) in [5.74, 6) is 0. The molecular weight excluding hydrogens is 460 g/mol. The van der Waals surface area contributed by atoms with Gasteiger partial charge in [0.1, 0.15) is 0 Å². The second-order valence-electron chi connectivity index (χ2n) is 9.43. The molecule has 0 fully saturated rings. The predicted molar refractivity (Wildman–Crippen MR) is 159 cm³/mol. The molecule has 0 saturated heterocycles. The first-order valence-corrected chi connectivity index (χ1v) is 12.8. The summed E-state index contributed by atoms with van der Waals surface area (Å²) in [6.45, 7) is 0. The molecule has 0 saturated carbocycles. The maximum absolute atomic E-state index is 4.52. The summed E-state index contributed by atoms with van der Waals surface area (Å²) in [7, 11) is 0. The fourth-order valence-electron chi connectivity index (χ4n) is 5.43. The molecule has 0 radical (unpaired) electrons. The molecule has 0 amide bonds. The molecule has 0 aliphatic rings.